The maximum atomic E-state index is 13.8. The van der Waals surface area contributed by atoms with Crippen molar-refractivity contribution in [2.45, 2.75) is 37.5 Å². The first-order chi connectivity index (χ1) is 17.6. The molecule has 0 aliphatic carbocycles. The van der Waals surface area contributed by atoms with Gasteiger partial charge in [-0.2, -0.15) is 0 Å². The van der Waals surface area contributed by atoms with Gasteiger partial charge in [-0.3, -0.25) is 9.59 Å². The van der Waals surface area contributed by atoms with E-state index in [-0.39, 0.29) is 30.9 Å². The van der Waals surface area contributed by atoms with Crippen molar-refractivity contribution >= 4 is 22.7 Å². The van der Waals surface area contributed by atoms with Crippen LogP contribution >= 0.6 is 0 Å². The monoisotopic (exact) mass is 479 g/mol. The van der Waals surface area contributed by atoms with Crippen molar-refractivity contribution in [1.29, 1.82) is 0 Å². The van der Waals surface area contributed by atoms with Crippen LogP contribution in [-0.4, -0.2) is 50.8 Å². The smallest absolute Gasteiger partial charge is 0.246 e. The number of amides is 2. The Hall–Kier alpha value is -3.90. The minimum Gasteiger partial charge on any atom is -0.387 e. The Morgan fingerprint density at radius 3 is 2.39 bits per heavy atom. The molecule has 0 bridgehead atoms. The van der Waals surface area contributed by atoms with E-state index >= 15 is 0 Å². The van der Waals surface area contributed by atoms with Crippen molar-refractivity contribution in [2.24, 2.45) is 0 Å². The second-order valence-electron chi connectivity index (χ2n) is 9.77. The molecule has 1 saturated heterocycles. The standard InChI is InChI=1S/C30H29N3O3/c34-27(21-11-5-2-6-12-21)18-32-19-28(35)33-25(16-15-20-9-3-1-4-10-20)29-23(17-26(33)30(32)36)22-13-7-8-14-24(22)31-29/h1-14,25-27,31,34H,15-19H2/t25-,26-,27+/m0/s1. The van der Waals surface area contributed by atoms with Gasteiger partial charge in [-0.05, 0) is 35.6 Å². The van der Waals surface area contributed by atoms with Crippen LogP contribution in [0.25, 0.3) is 10.9 Å². The molecule has 0 spiro atoms. The lowest BCUT2D eigenvalue weighted by Gasteiger charge is -2.47. The zero-order valence-electron chi connectivity index (χ0n) is 20.0. The summed E-state index contributed by atoms with van der Waals surface area (Å²) < 4.78 is 0. The van der Waals surface area contributed by atoms with Gasteiger partial charge in [-0.1, -0.05) is 78.9 Å². The molecule has 36 heavy (non-hydrogen) atoms. The van der Waals surface area contributed by atoms with Gasteiger partial charge in [-0.25, -0.2) is 0 Å². The van der Waals surface area contributed by atoms with E-state index < -0.39 is 12.1 Å². The molecule has 1 aromatic heterocycles. The van der Waals surface area contributed by atoms with Crippen LogP contribution < -0.4 is 0 Å². The first-order valence-electron chi connectivity index (χ1n) is 12.6. The number of aliphatic hydroxyl groups excluding tert-OH is 1. The molecule has 3 aromatic carbocycles. The molecular weight excluding hydrogens is 450 g/mol. The summed E-state index contributed by atoms with van der Waals surface area (Å²) in [5.41, 5.74) is 5.14. The summed E-state index contributed by atoms with van der Waals surface area (Å²) in [6.45, 7) is 0.0883. The lowest BCUT2D eigenvalue weighted by atomic mass is 9.86. The Labute approximate surface area is 210 Å². The van der Waals surface area contributed by atoms with E-state index in [1.807, 2.05) is 71.6 Å². The maximum Gasteiger partial charge on any atom is 0.246 e. The summed E-state index contributed by atoms with van der Waals surface area (Å²) in [7, 11) is 0. The molecule has 6 rings (SSSR count). The third-order valence-electron chi connectivity index (χ3n) is 7.59. The highest BCUT2D eigenvalue weighted by Gasteiger charge is 2.47. The first-order valence-corrected chi connectivity index (χ1v) is 12.6. The molecule has 1 fully saturated rings. The van der Waals surface area contributed by atoms with E-state index in [9.17, 15) is 14.7 Å². The number of benzene rings is 3. The van der Waals surface area contributed by atoms with Gasteiger partial charge in [0.25, 0.3) is 0 Å². The number of hydrogen-bond donors (Lipinski definition) is 2. The predicted molar refractivity (Wildman–Crippen MR) is 138 cm³/mol. The number of aryl methyl sites for hydroxylation is 1. The van der Waals surface area contributed by atoms with Crippen LogP contribution in [0.2, 0.25) is 0 Å². The number of para-hydroxylation sites is 1. The number of piperazine rings is 1. The predicted octanol–water partition coefficient (Wildman–Crippen LogP) is 4.17. The lowest BCUT2D eigenvalue weighted by molar-refractivity contribution is -0.161. The molecule has 0 saturated carbocycles. The van der Waals surface area contributed by atoms with Crippen molar-refractivity contribution in [1.82, 2.24) is 14.8 Å². The second-order valence-corrected chi connectivity index (χ2v) is 9.77. The van der Waals surface area contributed by atoms with Crippen LogP contribution in [0.3, 0.4) is 0 Å². The first kappa shape index (κ1) is 22.6. The number of β-amino-alcohol motifs (C(OH)–C–C–N with tert-alkyl or cyclic N) is 1. The fraction of sp³-hybridized carbons (Fsp3) is 0.267. The molecule has 0 radical (unpaired) electrons. The maximum absolute atomic E-state index is 13.8. The molecule has 0 unspecified atom stereocenters. The number of carbonyl (C=O) groups is 2. The number of aromatic amines is 1. The molecule has 182 valence electrons. The average Bonchev–Trinajstić information content (AvgIpc) is 3.29. The van der Waals surface area contributed by atoms with Crippen LogP contribution in [0.4, 0.5) is 0 Å². The number of aliphatic hydroxyl groups is 1. The Kier molecular flexibility index (Phi) is 5.82. The van der Waals surface area contributed by atoms with Gasteiger partial charge < -0.3 is 19.9 Å². The van der Waals surface area contributed by atoms with Gasteiger partial charge in [0.05, 0.1) is 25.2 Å². The van der Waals surface area contributed by atoms with E-state index in [0.717, 1.165) is 40.6 Å². The number of carbonyl (C=O) groups excluding carboxylic acids is 2. The normalized spacial score (nSPS) is 20.4. The Morgan fingerprint density at radius 1 is 0.917 bits per heavy atom. The van der Waals surface area contributed by atoms with E-state index in [2.05, 4.69) is 23.2 Å². The molecular formula is C30H29N3O3. The number of nitrogens with zero attached hydrogens (tertiary/aromatic N) is 2. The SMILES string of the molecule is O=C1[C@@H]2Cc3c([nH]c4ccccc34)[C@H](CCc3ccccc3)N2C(=O)CN1C[C@@H](O)c1ccccc1. The quantitative estimate of drug-likeness (QED) is 0.436. The number of nitrogens with one attached hydrogen (secondary N) is 1. The highest BCUT2D eigenvalue weighted by Crippen LogP contribution is 2.41. The van der Waals surface area contributed by atoms with Gasteiger partial charge >= 0.3 is 0 Å². The van der Waals surface area contributed by atoms with E-state index in [1.54, 1.807) is 0 Å². The summed E-state index contributed by atoms with van der Waals surface area (Å²) in [6, 6.07) is 26.9. The van der Waals surface area contributed by atoms with Crippen molar-refractivity contribution in [2.75, 3.05) is 13.1 Å². The second kappa shape index (κ2) is 9.28. The van der Waals surface area contributed by atoms with Gasteiger partial charge in [0.1, 0.15) is 6.04 Å². The molecule has 6 heteroatoms. The van der Waals surface area contributed by atoms with Crippen LogP contribution in [-0.2, 0) is 22.4 Å². The van der Waals surface area contributed by atoms with E-state index in [0.29, 0.717) is 6.42 Å². The van der Waals surface area contributed by atoms with Crippen molar-refractivity contribution in [3.8, 4) is 0 Å². The molecule has 2 aliphatic heterocycles. The van der Waals surface area contributed by atoms with Gasteiger partial charge in [0, 0.05) is 23.0 Å². The number of H-pyrrole nitrogens is 1. The third kappa shape index (κ3) is 3.97. The summed E-state index contributed by atoms with van der Waals surface area (Å²) in [4.78, 5) is 34.3. The van der Waals surface area contributed by atoms with Gasteiger partial charge in [-0.15, -0.1) is 0 Å². The van der Waals surface area contributed by atoms with Gasteiger partial charge in [0.2, 0.25) is 11.8 Å². The fourth-order valence-electron chi connectivity index (χ4n) is 5.84. The molecule has 6 nitrogen and oxygen atoms in total. The molecule has 3 atom stereocenters. The zero-order chi connectivity index (χ0) is 24.6. The molecule has 2 N–H and O–H groups in total. The molecule has 2 aliphatic rings. The van der Waals surface area contributed by atoms with Crippen molar-refractivity contribution in [3.63, 3.8) is 0 Å². The summed E-state index contributed by atoms with van der Waals surface area (Å²) in [5.74, 6) is -0.160. The lowest BCUT2D eigenvalue weighted by Crippen LogP contribution is -2.63. The molecule has 3 heterocycles. The summed E-state index contributed by atoms with van der Waals surface area (Å²) >= 11 is 0. The van der Waals surface area contributed by atoms with E-state index in [1.165, 1.54) is 10.5 Å². The topological polar surface area (TPSA) is 76.6 Å². The number of hydrogen-bond acceptors (Lipinski definition) is 3. The summed E-state index contributed by atoms with van der Waals surface area (Å²) in [6.07, 6.45) is 1.17. The highest BCUT2D eigenvalue weighted by atomic mass is 16.3. The van der Waals surface area contributed by atoms with Gasteiger partial charge in [0.15, 0.2) is 0 Å². The fourth-order valence-corrected chi connectivity index (χ4v) is 5.84. The zero-order valence-corrected chi connectivity index (χ0v) is 20.0. The van der Waals surface area contributed by atoms with E-state index in [4.69, 9.17) is 0 Å². The van der Waals surface area contributed by atoms with Crippen LogP contribution in [0, 0.1) is 0 Å². The number of rotatable bonds is 6. The van der Waals surface area contributed by atoms with Crippen LogP contribution in [0.15, 0.2) is 84.9 Å². The average molecular weight is 480 g/mol. The largest absolute Gasteiger partial charge is 0.387 e. The van der Waals surface area contributed by atoms with Crippen molar-refractivity contribution < 1.29 is 14.7 Å². The highest BCUT2D eigenvalue weighted by molar-refractivity contribution is 5.97. The summed E-state index contributed by atoms with van der Waals surface area (Å²) in [5, 5.41) is 11.9. The minimum absolute atomic E-state index is 0.0172. The number of fused-ring (bicyclic) bond motifs is 4. The molecule has 4 aromatic rings. The Morgan fingerprint density at radius 2 is 1.61 bits per heavy atom. The Bertz CT molecular complexity index is 1400. The Balaban J connectivity index is 1.33. The van der Waals surface area contributed by atoms with Crippen molar-refractivity contribution in [3.05, 3.63) is 107 Å². The third-order valence-corrected chi connectivity index (χ3v) is 7.59. The molecule has 2 amide bonds. The van der Waals surface area contributed by atoms with Crippen LogP contribution in [0.5, 0.6) is 0 Å². The minimum atomic E-state index is -0.837. The van der Waals surface area contributed by atoms with Crippen LogP contribution in [0.1, 0.15) is 41.0 Å². The number of aromatic nitrogens is 1.